The van der Waals surface area contributed by atoms with Gasteiger partial charge in [0.1, 0.15) is 0 Å². The van der Waals surface area contributed by atoms with E-state index in [9.17, 15) is 4.32 Å². The van der Waals surface area contributed by atoms with Crippen LogP contribution in [0.4, 0.5) is 4.32 Å². The molecule has 6 heteroatoms. The molecule has 0 aromatic heterocycles. The summed E-state index contributed by atoms with van der Waals surface area (Å²) in [5, 5.41) is 13.9. The second-order valence-electron chi connectivity index (χ2n) is 0.311. The van der Waals surface area contributed by atoms with E-state index in [2.05, 4.69) is 0 Å². The van der Waals surface area contributed by atoms with Gasteiger partial charge >= 0.3 is 26.3 Å². The fourth-order valence-electron chi connectivity index (χ4n) is 0. The topological polar surface area (TPSA) is 72.0 Å². The second-order valence-corrected chi connectivity index (χ2v) is 0.311. The first-order chi connectivity index (χ1) is 1.73. The van der Waals surface area contributed by atoms with Crippen molar-refractivity contribution >= 4 is 26.3 Å². The Morgan fingerprint density at radius 1 is 1.33 bits per heavy atom. The van der Waals surface area contributed by atoms with Gasteiger partial charge in [-0.15, -0.1) is 0 Å². The Morgan fingerprint density at radius 3 is 1.33 bits per heavy atom. The summed E-state index contributed by atoms with van der Waals surface area (Å²) in [5.41, 5.74) is 0. The summed E-state index contributed by atoms with van der Waals surface area (Å²) in [6.45, 7) is 0. The zero-order valence-corrected chi connectivity index (χ0v) is 2.35. The van der Waals surface area contributed by atoms with E-state index in [1.807, 2.05) is 0 Å². The molecule has 0 aromatic rings. The number of rotatable bonds is 0. The molecule has 0 aliphatic rings. The van der Waals surface area contributed by atoms with Gasteiger partial charge in [0.05, 0.1) is 0 Å². The Kier molecular flexibility index (Phi) is 24.3. The van der Waals surface area contributed by atoms with Gasteiger partial charge in [-0.1, -0.05) is 0 Å². The Balaban J connectivity index is -0.0000000450. The van der Waals surface area contributed by atoms with Crippen LogP contribution in [0, 0.1) is 0 Å². The molecule has 0 aliphatic heterocycles. The molecule has 0 aliphatic carbocycles. The van der Waals surface area contributed by atoms with Crippen molar-refractivity contribution in [1.29, 1.82) is 0 Å². The van der Waals surface area contributed by atoms with E-state index in [1.54, 1.807) is 0 Å². The molecule has 0 heterocycles. The maximum absolute atomic E-state index is 10.1. The van der Waals surface area contributed by atoms with Crippen LogP contribution in [0.15, 0.2) is 0 Å². The number of hydrogen-bond acceptors (Lipinski definition) is 2. The van der Waals surface area contributed by atoms with Gasteiger partial charge in [-0.2, -0.15) is 0 Å². The molecule has 0 radical (unpaired) electrons. The van der Waals surface area contributed by atoms with Crippen molar-refractivity contribution in [3.63, 3.8) is 0 Å². The summed E-state index contributed by atoms with van der Waals surface area (Å²) >= 11 is 0. The predicted molar refractivity (Wildman–Crippen MR) is 22.1 cm³/mol. The first-order valence-corrected chi connectivity index (χ1v) is 0.735. The van der Waals surface area contributed by atoms with Crippen molar-refractivity contribution in [2.24, 2.45) is 0 Å². The van der Waals surface area contributed by atoms with Crippen LogP contribution in [-0.2, 0) is 0 Å². The molecule has 3 nitrogen and oxygen atoms in total. The average molecular weight is 89.8 g/mol. The van der Waals surface area contributed by atoms with Crippen molar-refractivity contribution in [3.8, 4) is 0 Å². The van der Waals surface area contributed by atoms with E-state index in [4.69, 9.17) is 10.0 Å². The third-order valence-electron chi connectivity index (χ3n) is 0. The third kappa shape index (κ3) is 242. The Labute approximate surface area is 46.8 Å². The summed E-state index contributed by atoms with van der Waals surface area (Å²) in [7, 11) is -2.67. The summed E-state index contributed by atoms with van der Waals surface area (Å²) in [5.74, 6) is 0. The van der Waals surface area contributed by atoms with Crippen molar-refractivity contribution in [1.82, 2.24) is 0 Å². The normalized spacial score (nSPS) is 4.50. The first-order valence-electron chi connectivity index (χ1n) is 0.735. The minimum absolute atomic E-state index is 0. The fourth-order valence-corrected chi connectivity index (χ4v) is 0. The molecule has 0 fully saturated rings. The third-order valence-corrected chi connectivity index (χ3v) is 0. The molecule has 0 unspecified atom stereocenters. The Bertz CT molecular complexity index is 15.5. The number of hydrogen-bond donors (Lipinski definition) is 2. The minimum atomic E-state index is -2.67. The molecule has 0 atom stereocenters. The van der Waals surface area contributed by atoms with Crippen molar-refractivity contribution in [3.05, 3.63) is 0 Å². The van der Waals surface area contributed by atoms with E-state index in [1.165, 1.54) is 0 Å². The first kappa shape index (κ1) is 16.1. The van der Waals surface area contributed by atoms with E-state index < -0.39 is 7.40 Å². The van der Waals surface area contributed by atoms with E-state index in [0.29, 0.717) is 0 Å². The van der Waals surface area contributed by atoms with Gasteiger partial charge in [-0.25, -0.2) is 0 Å². The molecule has 4 N–H and O–H groups in total. The Hall–Kier alpha value is 0.472. The quantitative estimate of drug-likeness (QED) is 0.321. The predicted octanol–water partition coefficient (Wildman–Crippen LogP) is -2.55. The van der Waals surface area contributed by atoms with E-state index in [0.717, 1.165) is 0 Å². The van der Waals surface area contributed by atoms with Gasteiger partial charge < -0.3 is 15.5 Å². The summed E-state index contributed by atoms with van der Waals surface area (Å²) in [4.78, 5) is 0. The molecule has 0 amide bonds. The molecular formula is H5BFLiO3. The van der Waals surface area contributed by atoms with Crippen LogP contribution in [0.3, 0.4) is 0 Å². The van der Waals surface area contributed by atoms with Crippen LogP contribution in [0.25, 0.3) is 0 Å². The van der Waals surface area contributed by atoms with Crippen LogP contribution in [0.2, 0.25) is 0 Å². The maximum atomic E-state index is 10.1. The van der Waals surface area contributed by atoms with Crippen molar-refractivity contribution in [2.75, 3.05) is 0 Å². The van der Waals surface area contributed by atoms with Crippen molar-refractivity contribution in [2.45, 2.75) is 0 Å². The second kappa shape index (κ2) is 9.08. The molecule has 0 rings (SSSR count). The van der Waals surface area contributed by atoms with Gasteiger partial charge in [0.2, 0.25) is 0 Å². The van der Waals surface area contributed by atoms with Gasteiger partial charge in [0.15, 0.2) is 0 Å². The zero-order chi connectivity index (χ0) is 3.58. The van der Waals surface area contributed by atoms with Crippen LogP contribution < -0.4 is 0 Å². The molecule has 0 aromatic carbocycles. The zero-order valence-electron chi connectivity index (χ0n) is 2.35. The number of halogens is 1. The molecular weight excluding hydrogens is 84.7 g/mol. The SMILES string of the molecule is O.OB(O)F.[LiH]. The van der Waals surface area contributed by atoms with E-state index >= 15 is 0 Å². The van der Waals surface area contributed by atoms with Gasteiger partial charge in [-0.3, -0.25) is 4.32 Å². The van der Waals surface area contributed by atoms with Gasteiger partial charge in [0.25, 0.3) is 0 Å². The summed E-state index contributed by atoms with van der Waals surface area (Å²) < 4.78 is 10.1. The van der Waals surface area contributed by atoms with Gasteiger partial charge in [0, 0.05) is 0 Å². The van der Waals surface area contributed by atoms with Crippen LogP contribution in [-0.4, -0.2) is 41.8 Å². The monoisotopic (exact) mass is 90.0 g/mol. The van der Waals surface area contributed by atoms with Gasteiger partial charge in [-0.05, 0) is 0 Å². The summed E-state index contributed by atoms with van der Waals surface area (Å²) in [6, 6.07) is 0. The molecule has 6 heavy (non-hydrogen) atoms. The molecule has 0 bridgehead atoms. The van der Waals surface area contributed by atoms with Crippen LogP contribution >= 0.6 is 0 Å². The van der Waals surface area contributed by atoms with E-state index in [-0.39, 0.29) is 24.3 Å². The average Bonchev–Trinajstić information content (AvgIpc) is 0.811. The van der Waals surface area contributed by atoms with Crippen LogP contribution in [0.1, 0.15) is 0 Å². The molecule has 0 saturated carbocycles. The Morgan fingerprint density at radius 2 is 1.33 bits per heavy atom. The standard InChI is InChI=1S/BFH2O2.Li.H2O.H/c2-1(3)4;;;/h3-4H;;1H2;. The molecule has 0 spiro atoms. The molecule has 0 saturated heterocycles. The molecule has 34 valence electrons. The van der Waals surface area contributed by atoms with Crippen LogP contribution in [0.5, 0.6) is 0 Å². The summed E-state index contributed by atoms with van der Waals surface area (Å²) in [6.07, 6.45) is 0. The fraction of sp³-hybridized carbons (Fsp3) is 0. The van der Waals surface area contributed by atoms with Crippen molar-refractivity contribution < 1.29 is 19.8 Å².